The summed E-state index contributed by atoms with van der Waals surface area (Å²) in [6.45, 7) is 2.40. The molecule has 0 radical (unpaired) electrons. The van der Waals surface area contributed by atoms with Gasteiger partial charge in [0.15, 0.2) is 0 Å². The minimum atomic E-state index is -1.85. The van der Waals surface area contributed by atoms with Crippen molar-refractivity contribution in [2.45, 2.75) is 31.0 Å². The molecule has 2 aromatic carbocycles. The lowest BCUT2D eigenvalue weighted by molar-refractivity contribution is -0.150. The zero-order chi connectivity index (χ0) is 19.2. The maximum absolute atomic E-state index is 13.7. The van der Waals surface area contributed by atoms with E-state index < -0.39 is 17.3 Å². The van der Waals surface area contributed by atoms with Crippen molar-refractivity contribution in [2.75, 3.05) is 18.5 Å². The van der Waals surface area contributed by atoms with E-state index in [2.05, 4.69) is 5.32 Å². The van der Waals surface area contributed by atoms with Crippen molar-refractivity contribution in [3.63, 3.8) is 0 Å². The Hall–Kier alpha value is -2.86. The lowest BCUT2D eigenvalue weighted by atomic mass is 9.72. The average Bonchev–Trinajstić information content (AvgIpc) is 2.93. The van der Waals surface area contributed by atoms with Gasteiger partial charge in [-0.2, -0.15) is 0 Å². The number of nitrogens with zero attached hydrogens (tertiary/aromatic N) is 2. The van der Waals surface area contributed by atoms with E-state index in [0.29, 0.717) is 23.4 Å². The second kappa shape index (κ2) is 6.09. The minimum absolute atomic E-state index is 0.329. The van der Waals surface area contributed by atoms with Crippen LogP contribution >= 0.6 is 0 Å². The highest BCUT2D eigenvalue weighted by Gasteiger charge is 2.71. The second-order valence-electron chi connectivity index (χ2n) is 7.10. The van der Waals surface area contributed by atoms with Crippen molar-refractivity contribution in [3.8, 4) is 0 Å². The number of unbranched alkanes of at least 4 members (excludes halogenated alkanes) is 1. The second-order valence-corrected chi connectivity index (χ2v) is 7.10. The number of rotatable bonds is 4. The highest BCUT2D eigenvalue weighted by atomic mass is 16.3. The third-order valence-electron chi connectivity index (χ3n) is 5.66. The number of anilines is 1. The Balaban J connectivity index is 2.05. The van der Waals surface area contributed by atoms with E-state index in [1.54, 1.807) is 37.4 Å². The van der Waals surface area contributed by atoms with Crippen molar-refractivity contribution in [2.24, 2.45) is 0 Å². The molecule has 0 saturated carbocycles. The molecule has 0 aliphatic carbocycles. The summed E-state index contributed by atoms with van der Waals surface area (Å²) in [6.07, 6.45) is 1.60. The van der Waals surface area contributed by atoms with Crippen molar-refractivity contribution >= 4 is 17.6 Å². The number of fused-ring (bicyclic) bond motifs is 3. The van der Waals surface area contributed by atoms with Crippen LogP contribution in [0.5, 0.6) is 0 Å². The molecular formula is C21H23N3O3. The molecule has 2 aliphatic heterocycles. The number of carbonyl (C=O) groups excluding carboxylic acids is 2. The van der Waals surface area contributed by atoms with Gasteiger partial charge in [-0.1, -0.05) is 61.9 Å². The molecule has 0 spiro atoms. The van der Waals surface area contributed by atoms with E-state index in [0.717, 1.165) is 12.8 Å². The molecule has 140 valence electrons. The molecule has 1 saturated heterocycles. The maximum atomic E-state index is 13.7. The molecule has 2 N–H and O–H groups in total. The van der Waals surface area contributed by atoms with E-state index >= 15 is 0 Å². The van der Waals surface area contributed by atoms with Crippen molar-refractivity contribution < 1.29 is 14.7 Å². The van der Waals surface area contributed by atoms with Crippen LogP contribution < -0.4 is 10.2 Å². The molecule has 6 nitrogen and oxygen atoms in total. The SMILES string of the molecule is CCCCN1C(=O)N[C@@]2(O)c3ccccc3N(C)C(=O)[C@@]12c1ccccc1. The van der Waals surface area contributed by atoms with Gasteiger partial charge >= 0.3 is 6.03 Å². The lowest BCUT2D eigenvalue weighted by Crippen LogP contribution is -2.67. The quantitative estimate of drug-likeness (QED) is 0.874. The highest BCUT2D eigenvalue weighted by Crippen LogP contribution is 2.54. The topological polar surface area (TPSA) is 72.9 Å². The Morgan fingerprint density at radius 2 is 1.70 bits per heavy atom. The van der Waals surface area contributed by atoms with Gasteiger partial charge in [-0.05, 0) is 18.1 Å². The van der Waals surface area contributed by atoms with E-state index in [4.69, 9.17) is 0 Å². The first-order chi connectivity index (χ1) is 13.0. The number of likely N-dealkylation sites (N-methyl/N-ethyl adjacent to an activating group) is 1. The first kappa shape index (κ1) is 17.5. The highest BCUT2D eigenvalue weighted by molar-refractivity contribution is 6.08. The van der Waals surface area contributed by atoms with Gasteiger partial charge in [-0.3, -0.25) is 4.79 Å². The molecule has 2 heterocycles. The molecule has 6 heteroatoms. The van der Waals surface area contributed by atoms with Crippen LogP contribution in [0.1, 0.15) is 30.9 Å². The van der Waals surface area contributed by atoms with Crippen LogP contribution in [0, 0.1) is 0 Å². The summed E-state index contributed by atoms with van der Waals surface area (Å²) in [5.41, 5.74) is -1.70. The third-order valence-corrected chi connectivity index (χ3v) is 5.66. The van der Waals surface area contributed by atoms with E-state index in [1.165, 1.54) is 9.80 Å². The fraction of sp³-hybridized carbons (Fsp3) is 0.333. The molecule has 2 atom stereocenters. The molecule has 0 aromatic heterocycles. The average molecular weight is 365 g/mol. The monoisotopic (exact) mass is 365 g/mol. The molecule has 27 heavy (non-hydrogen) atoms. The number of para-hydroxylation sites is 1. The van der Waals surface area contributed by atoms with Crippen LogP contribution in [0.4, 0.5) is 10.5 Å². The Bertz CT molecular complexity index is 901. The van der Waals surface area contributed by atoms with Gasteiger partial charge in [-0.15, -0.1) is 0 Å². The summed E-state index contributed by atoms with van der Waals surface area (Å²) in [6, 6.07) is 15.8. The molecule has 1 fully saturated rings. The van der Waals surface area contributed by atoms with Crippen molar-refractivity contribution in [3.05, 3.63) is 65.7 Å². The Morgan fingerprint density at radius 3 is 2.41 bits per heavy atom. The molecule has 2 aliphatic rings. The van der Waals surface area contributed by atoms with E-state index in [1.807, 2.05) is 31.2 Å². The predicted octanol–water partition coefficient (Wildman–Crippen LogP) is 2.53. The number of hydrogen-bond donors (Lipinski definition) is 2. The minimum Gasteiger partial charge on any atom is -0.364 e. The first-order valence-electron chi connectivity index (χ1n) is 9.23. The van der Waals surface area contributed by atoms with Gasteiger partial charge < -0.3 is 20.2 Å². The predicted molar refractivity (Wildman–Crippen MR) is 102 cm³/mol. The summed E-state index contributed by atoms with van der Waals surface area (Å²) >= 11 is 0. The van der Waals surface area contributed by atoms with E-state index in [9.17, 15) is 14.7 Å². The van der Waals surface area contributed by atoms with Gasteiger partial charge in [0.05, 0.1) is 5.69 Å². The first-order valence-corrected chi connectivity index (χ1v) is 9.23. The summed E-state index contributed by atoms with van der Waals surface area (Å²) in [5.74, 6) is -0.329. The summed E-state index contributed by atoms with van der Waals surface area (Å²) in [5, 5.41) is 14.6. The van der Waals surface area contributed by atoms with Gasteiger partial charge in [0.2, 0.25) is 11.3 Å². The summed E-state index contributed by atoms with van der Waals surface area (Å²) < 4.78 is 0. The van der Waals surface area contributed by atoms with Gasteiger partial charge in [0.1, 0.15) is 0 Å². The third kappa shape index (κ3) is 2.10. The normalized spacial score (nSPS) is 26.6. The Kier molecular flexibility index (Phi) is 3.96. The zero-order valence-electron chi connectivity index (χ0n) is 15.5. The van der Waals surface area contributed by atoms with Gasteiger partial charge in [0.25, 0.3) is 5.91 Å². The fourth-order valence-corrected chi connectivity index (χ4v) is 4.37. The van der Waals surface area contributed by atoms with Crippen LogP contribution in [-0.4, -0.2) is 35.5 Å². The van der Waals surface area contributed by atoms with Crippen LogP contribution in [0.25, 0.3) is 0 Å². The largest absolute Gasteiger partial charge is 0.364 e. The fourth-order valence-electron chi connectivity index (χ4n) is 4.37. The summed E-state index contributed by atoms with van der Waals surface area (Å²) in [4.78, 5) is 29.8. The van der Waals surface area contributed by atoms with E-state index in [-0.39, 0.29) is 5.91 Å². The van der Waals surface area contributed by atoms with Crippen LogP contribution in [0.2, 0.25) is 0 Å². The number of amides is 3. The van der Waals surface area contributed by atoms with Gasteiger partial charge in [0, 0.05) is 19.2 Å². The number of urea groups is 1. The van der Waals surface area contributed by atoms with Crippen molar-refractivity contribution in [1.82, 2.24) is 10.2 Å². The van der Waals surface area contributed by atoms with Gasteiger partial charge in [-0.25, -0.2) is 4.79 Å². The van der Waals surface area contributed by atoms with Crippen LogP contribution in [0.15, 0.2) is 54.6 Å². The maximum Gasteiger partial charge on any atom is 0.321 e. The molecule has 4 rings (SSSR count). The van der Waals surface area contributed by atoms with Crippen LogP contribution in [0.3, 0.4) is 0 Å². The zero-order valence-corrected chi connectivity index (χ0v) is 15.5. The molecule has 2 aromatic rings. The van der Waals surface area contributed by atoms with Crippen molar-refractivity contribution in [1.29, 1.82) is 0 Å². The Labute approximate surface area is 158 Å². The number of carbonyl (C=O) groups is 2. The molecule has 0 unspecified atom stereocenters. The lowest BCUT2D eigenvalue weighted by Gasteiger charge is -2.50. The summed E-state index contributed by atoms with van der Waals surface area (Å²) in [7, 11) is 1.69. The van der Waals surface area contributed by atoms with Crippen LogP contribution in [-0.2, 0) is 16.1 Å². The molecule has 0 bridgehead atoms. The smallest absolute Gasteiger partial charge is 0.321 e. The number of benzene rings is 2. The molecule has 3 amide bonds. The number of aliphatic hydroxyl groups is 1. The Morgan fingerprint density at radius 1 is 1.04 bits per heavy atom. The number of nitrogens with one attached hydrogen (secondary N) is 1. The molecular weight excluding hydrogens is 342 g/mol. The standard InChI is InChI=1S/C21H23N3O3/c1-3-4-14-24-19(26)22-21(27)16-12-8-9-13-17(16)23(2)18(25)20(21,24)15-10-6-5-7-11-15/h5-13,27H,3-4,14H2,1-2H3,(H,22,26)/t20-,21-/m1/s1. The number of hydrogen-bond acceptors (Lipinski definition) is 3.